The van der Waals surface area contributed by atoms with Crippen molar-refractivity contribution in [2.45, 2.75) is 24.8 Å². The van der Waals surface area contributed by atoms with Crippen molar-refractivity contribution in [1.29, 1.82) is 0 Å². The fourth-order valence-electron chi connectivity index (χ4n) is 2.99. The molecule has 0 fully saturated rings. The Hall–Kier alpha value is -1.83. The van der Waals surface area contributed by atoms with Gasteiger partial charge in [0.05, 0.1) is 19.3 Å². The molecule has 1 aliphatic rings. The van der Waals surface area contributed by atoms with Crippen LogP contribution < -0.4 is 10.6 Å². The van der Waals surface area contributed by atoms with Crippen molar-refractivity contribution in [3.63, 3.8) is 0 Å². The lowest BCUT2D eigenvalue weighted by atomic mass is 9.78. The largest absolute Gasteiger partial charge is 0.394 e. The van der Waals surface area contributed by atoms with Crippen LogP contribution in [0.15, 0.2) is 41.3 Å². The molecule has 2 aromatic rings. The number of aromatic nitrogens is 2. The van der Waals surface area contributed by atoms with Gasteiger partial charge in [-0.1, -0.05) is 22.0 Å². The molecule has 126 valence electrons. The molecule has 6 nitrogen and oxygen atoms in total. The molecule has 0 spiro atoms. The summed E-state index contributed by atoms with van der Waals surface area (Å²) in [5, 5.41) is 15.8. The first-order valence-electron chi connectivity index (χ1n) is 7.79. The zero-order valence-electron chi connectivity index (χ0n) is 13.1. The highest BCUT2D eigenvalue weighted by Crippen LogP contribution is 2.30. The minimum absolute atomic E-state index is 0.0130. The Balaban J connectivity index is 1.62. The van der Waals surface area contributed by atoms with E-state index >= 15 is 0 Å². The lowest BCUT2D eigenvalue weighted by molar-refractivity contribution is -0.115. The highest BCUT2D eigenvalue weighted by atomic mass is 79.9. The van der Waals surface area contributed by atoms with E-state index in [-0.39, 0.29) is 19.1 Å². The van der Waals surface area contributed by atoms with Gasteiger partial charge in [0.2, 0.25) is 5.91 Å². The van der Waals surface area contributed by atoms with Gasteiger partial charge in [-0.15, -0.1) is 0 Å². The fraction of sp³-hybridized carbons (Fsp3) is 0.353. The van der Waals surface area contributed by atoms with Crippen LogP contribution in [-0.4, -0.2) is 39.7 Å². The minimum Gasteiger partial charge on any atom is -0.394 e. The number of amides is 1. The van der Waals surface area contributed by atoms with Crippen LogP contribution in [0.25, 0.3) is 0 Å². The average Bonchev–Trinajstić information content (AvgIpc) is 2.61. The first kappa shape index (κ1) is 17.0. The first-order chi connectivity index (χ1) is 11.6. The van der Waals surface area contributed by atoms with E-state index < -0.39 is 5.54 Å². The van der Waals surface area contributed by atoms with Crippen molar-refractivity contribution < 1.29 is 9.90 Å². The molecule has 1 amide bonds. The van der Waals surface area contributed by atoms with E-state index in [0.717, 1.165) is 17.3 Å². The number of aliphatic hydroxyl groups excluding tert-OH is 1. The van der Waals surface area contributed by atoms with Crippen LogP contribution >= 0.6 is 15.9 Å². The summed E-state index contributed by atoms with van der Waals surface area (Å²) in [6, 6.07) is 6.20. The Labute approximate surface area is 148 Å². The van der Waals surface area contributed by atoms with Gasteiger partial charge in [-0.05, 0) is 42.5 Å². The normalized spacial score (nSPS) is 19.6. The molecule has 24 heavy (non-hydrogen) atoms. The highest BCUT2D eigenvalue weighted by molar-refractivity contribution is 9.10. The molecule has 0 aliphatic heterocycles. The summed E-state index contributed by atoms with van der Waals surface area (Å²) in [7, 11) is 0. The number of benzene rings is 1. The number of halogens is 1. The molecular weight excluding hydrogens is 372 g/mol. The predicted molar refractivity (Wildman–Crippen MR) is 94.6 cm³/mol. The quantitative estimate of drug-likeness (QED) is 0.722. The smallest absolute Gasteiger partial charge is 0.239 e. The number of nitrogens with zero attached hydrogens (tertiary/aromatic N) is 2. The van der Waals surface area contributed by atoms with E-state index in [9.17, 15) is 9.90 Å². The van der Waals surface area contributed by atoms with Crippen LogP contribution in [0.5, 0.6) is 0 Å². The standard InChI is InChI=1S/C17H19BrN4O2/c18-14-2-1-13-8-17(11-23,4-3-12(13)7-14)21-10-16(24)22-15-9-19-5-6-20-15/h1-2,5-7,9,21,23H,3-4,8,10-11H2,(H,20,22,24). The van der Waals surface area contributed by atoms with Gasteiger partial charge in [-0.2, -0.15) is 0 Å². The maximum atomic E-state index is 12.1. The van der Waals surface area contributed by atoms with Crippen molar-refractivity contribution in [3.05, 3.63) is 52.4 Å². The number of carbonyl (C=O) groups excluding carboxylic acids is 1. The maximum Gasteiger partial charge on any atom is 0.239 e. The molecule has 0 saturated carbocycles. The number of aryl methyl sites for hydroxylation is 1. The zero-order chi connectivity index (χ0) is 17.0. The van der Waals surface area contributed by atoms with Gasteiger partial charge in [0.25, 0.3) is 0 Å². The van der Waals surface area contributed by atoms with Crippen LogP contribution in [0.3, 0.4) is 0 Å². The molecule has 1 aromatic carbocycles. The summed E-state index contributed by atoms with van der Waals surface area (Å²) in [5.41, 5.74) is 2.03. The zero-order valence-corrected chi connectivity index (χ0v) is 14.7. The van der Waals surface area contributed by atoms with Gasteiger partial charge in [-0.3, -0.25) is 9.78 Å². The number of nitrogens with one attached hydrogen (secondary N) is 2. The van der Waals surface area contributed by atoms with Crippen molar-refractivity contribution in [2.75, 3.05) is 18.5 Å². The van der Waals surface area contributed by atoms with E-state index in [1.807, 2.05) is 6.07 Å². The van der Waals surface area contributed by atoms with Crippen LogP contribution in [0, 0.1) is 0 Å². The molecule has 1 atom stereocenters. The predicted octanol–water partition coefficient (Wildman–Crippen LogP) is 1.69. The number of aliphatic hydroxyl groups is 1. The van der Waals surface area contributed by atoms with Gasteiger partial charge >= 0.3 is 0 Å². The van der Waals surface area contributed by atoms with Crippen molar-refractivity contribution in [3.8, 4) is 0 Å². The Bertz CT molecular complexity index is 726. The van der Waals surface area contributed by atoms with Gasteiger partial charge in [-0.25, -0.2) is 4.98 Å². The summed E-state index contributed by atoms with van der Waals surface area (Å²) in [6.45, 7) is 0.101. The highest BCUT2D eigenvalue weighted by Gasteiger charge is 2.34. The van der Waals surface area contributed by atoms with Crippen LogP contribution in [0.2, 0.25) is 0 Å². The van der Waals surface area contributed by atoms with Crippen molar-refractivity contribution in [1.82, 2.24) is 15.3 Å². The lowest BCUT2D eigenvalue weighted by Gasteiger charge is -2.37. The molecule has 1 unspecified atom stereocenters. The van der Waals surface area contributed by atoms with E-state index in [1.54, 1.807) is 6.20 Å². The number of hydrogen-bond donors (Lipinski definition) is 3. The maximum absolute atomic E-state index is 12.1. The molecule has 0 saturated heterocycles. The van der Waals surface area contributed by atoms with Gasteiger partial charge < -0.3 is 15.7 Å². The van der Waals surface area contributed by atoms with Crippen molar-refractivity contribution in [2.24, 2.45) is 0 Å². The van der Waals surface area contributed by atoms with Gasteiger partial charge in [0, 0.05) is 22.4 Å². The lowest BCUT2D eigenvalue weighted by Crippen LogP contribution is -2.54. The molecule has 1 aliphatic carbocycles. The topological polar surface area (TPSA) is 87.1 Å². The third-order valence-electron chi connectivity index (χ3n) is 4.33. The minimum atomic E-state index is -0.472. The summed E-state index contributed by atoms with van der Waals surface area (Å²) in [5.74, 6) is 0.214. The van der Waals surface area contributed by atoms with Crippen molar-refractivity contribution >= 4 is 27.7 Å². The fourth-order valence-corrected chi connectivity index (χ4v) is 3.40. The Morgan fingerprint density at radius 2 is 2.21 bits per heavy atom. The Morgan fingerprint density at radius 1 is 1.33 bits per heavy atom. The third-order valence-corrected chi connectivity index (χ3v) is 4.82. The Morgan fingerprint density at radius 3 is 2.96 bits per heavy atom. The van der Waals surface area contributed by atoms with Crippen LogP contribution in [0.4, 0.5) is 5.82 Å². The molecule has 7 heteroatoms. The second-order valence-electron chi connectivity index (χ2n) is 6.02. The van der Waals surface area contributed by atoms with Gasteiger partial charge in [0.1, 0.15) is 0 Å². The number of anilines is 1. The summed E-state index contributed by atoms with van der Waals surface area (Å²) >= 11 is 3.49. The number of hydrogen-bond acceptors (Lipinski definition) is 5. The second kappa shape index (κ2) is 7.38. The SMILES string of the molecule is O=C(CNC1(CO)CCc2cc(Br)ccc2C1)Nc1cnccn1. The third kappa shape index (κ3) is 3.98. The number of rotatable bonds is 5. The molecule has 1 heterocycles. The average molecular weight is 391 g/mol. The van der Waals surface area contributed by atoms with Gasteiger partial charge in [0.15, 0.2) is 5.82 Å². The van der Waals surface area contributed by atoms with Crippen LogP contribution in [0.1, 0.15) is 17.5 Å². The molecular formula is C17H19BrN4O2. The van der Waals surface area contributed by atoms with E-state index in [1.165, 1.54) is 23.5 Å². The monoisotopic (exact) mass is 390 g/mol. The first-order valence-corrected chi connectivity index (χ1v) is 8.59. The Kier molecular flexibility index (Phi) is 5.23. The molecule has 3 N–H and O–H groups in total. The number of carbonyl (C=O) groups is 1. The summed E-state index contributed by atoms with van der Waals surface area (Å²) in [4.78, 5) is 20.0. The molecule has 3 rings (SSSR count). The van der Waals surface area contributed by atoms with E-state index in [2.05, 4.69) is 48.7 Å². The van der Waals surface area contributed by atoms with E-state index in [0.29, 0.717) is 12.2 Å². The van der Waals surface area contributed by atoms with Crippen LogP contribution in [-0.2, 0) is 17.6 Å². The van der Waals surface area contributed by atoms with E-state index in [4.69, 9.17) is 0 Å². The molecule has 0 radical (unpaired) electrons. The second-order valence-corrected chi connectivity index (χ2v) is 6.94. The molecule has 0 bridgehead atoms. The summed E-state index contributed by atoms with van der Waals surface area (Å²) < 4.78 is 1.06. The molecule has 1 aromatic heterocycles. The summed E-state index contributed by atoms with van der Waals surface area (Å²) in [6.07, 6.45) is 6.92. The number of fused-ring (bicyclic) bond motifs is 1.